The molecule has 0 spiro atoms. The minimum Gasteiger partial charge on any atom is -0.449 e. The van der Waals surface area contributed by atoms with Crippen LogP contribution in [0.15, 0.2) is 29.2 Å². The molecule has 1 N–H and O–H groups in total. The number of rotatable bonds is 6. The molecule has 8 heteroatoms. The molecule has 0 bridgehead atoms. The van der Waals surface area contributed by atoms with E-state index in [1.807, 2.05) is 0 Å². The van der Waals surface area contributed by atoms with Crippen molar-refractivity contribution in [2.75, 3.05) is 13.1 Å². The highest BCUT2D eigenvalue weighted by Crippen LogP contribution is 2.22. The number of esters is 1. The Morgan fingerprint density at radius 2 is 1.79 bits per heavy atom. The van der Waals surface area contributed by atoms with Crippen molar-refractivity contribution in [2.45, 2.75) is 68.9 Å². The molecule has 1 heterocycles. The normalized spacial score (nSPS) is 19.9. The van der Waals surface area contributed by atoms with E-state index in [9.17, 15) is 18.0 Å². The maximum Gasteiger partial charge on any atom is 0.338 e. The van der Waals surface area contributed by atoms with Crippen LogP contribution in [0.5, 0.6) is 0 Å². The van der Waals surface area contributed by atoms with Gasteiger partial charge < -0.3 is 10.1 Å². The van der Waals surface area contributed by atoms with Gasteiger partial charge in [0, 0.05) is 19.1 Å². The summed E-state index contributed by atoms with van der Waals surface area (Å²) >= 11 is 0. The number of nitrogens with zero attached hydrogens (tertiary/aromatic N) is 1. The van der Waals surface area contributed by atoms with Crippen molar-refractivity contribution < 1.29 is 22.7 Å². The monoisotopic (exact) mass is 408 g/mol. The molecule has 3 rings (SSSR count). The van der Waals surface area contributed by atoms with Crippen molar-refractivity contribution in [3.05, 3.63) is 29.8 Å². The molecule has 2 aliphatic rings. The minimum atomic E-state index is -3.61. The molecule has 1 atom stereocenters. The average molecular weight is 409 g/mol. The maximum absolute atomic E-state index is 12.7. The number of amides is 1. The van der Waals surface area contributed by atoms with E-state index >= 15 is 0 Å². The second-order valence-electron chi connectivity index (χ2n) is 7.53. The van der Waals surface area contributed by atoms with Gasteiger partial charge in [-0.05, 0) is 50.8 Å². The second-order valence-corrected chi connectivity index (χ2v) is 9.47. The van der Waals surface area contributed by atoms with Crippen LogP contribution in [-0.2, 0) is 19.6 Å². The van der Waals surface area contributed by atoms with Gasteiger partial charge in [0.25, 0.3) is 5.91 Å². The molecule has 1 amide bonds. The molecule has 0 radical (unpaired) electrons. The van der Waals surface area contributed by atoms with E-state index in [2.05, 4.69) is 5.32 Å². The largest absolute Gasteiger partial charge is 0.449 e. The first kappa shape index (κ1) is 20.8. The van der Waals surface area contributed by atoms with Gasteiger partial charge in [0.2, 0.25) is 10.0 Å². The van der Waals surface area contributed by atoms with Crippen LogP contribution in [-0.4, -0.2) is 49.8 Å². The van der Waals surface area contributed by atoms with Crippen LogP contribution in [0, 0.1) is 0 Å². The van der Waals surface area contributed by atoms with Gasteiger partial charge in [0.15, 0.2) is 6.10 Å². The summed E-state index contributed by atoms with van der Waals surface area (Å²) in [5.41, 5.74) is 0.123. The first-order valence-electron chi connectivity index (χ1n) is 9.99. The Morgan fingerprint density at radius 1 is 1.11 bits per heavy atom. The fourth-order valence-electron chi connectivity index (χ4n) is 3.71. The Kier molecular flexibility index (Phi) is 6.72. The fraction of sp³-hybridized carbons (Fsp3) is 0.600. The lowest BCUT2D eigenvalue weighted by molar-refractivity contribution is -0.130. The van der Waals surface area contributed by atoms with Gasteiger partial charge in [-0.25, -0.2) is 13.2 Å². The summed E-state index contributed by atoms with van der Waals surface area (Å²) in [6.45, 7) is 2.52. The molecule has 1 aromatic rings. The molecule has 28 heavy (non-hydrogen) atoms. The minimum absolute atomic E-state index is 0.0724. The third-order valence-corrected chi connectivity index (χ3v) is 7.27. The molecule has 2 fully saturated rings. The lowest BCUT2D eigenvalue weighted by atomic mass is 9.95. The molecule has 154 valence electrons. The Balaban J connectivity index is 1.63. The number of sulfonamides is 1. The lowest BCUT2D eigenvalue weighted by Crippen LogP contribution is -2.42. The summed E-state index contributed by atoms with van der Waals surface area (Å²) in [5, 5.41) is 2.93. The first-order chi connectivity index (χ1) is 13.4. The van der Waals surface area contributed by atoms with Crippen molar-refractivity contribution in [3.63, 3.8) is 0 Å². The smallest absolute Gasteiger partial charge is 0.338 e. The zero-order valence-corrected chi connectivity index (χ0v) is 17.0. The summed E-state index contributed by atoms with van der Waals surface area (Å²) in [7, 11) is -3.61. The predicted molar refractivity (Wildman–Crippen MR) is 104 cm³/mol. The van der Waals surface area contributed by atoms with Gasteiger partial charge >= 0.3 is 5.97 Å². The van der Waals surface area contributed by atoms with Crippen LogP contribution in [0.4, 0.5) is 0 Å². The SMILES string of the molecule is C[C@@H](OC(=O)c1cccc(S(=O)(=O)N2CCCC2)c1)C(=O)NC1CCCCC1. The van der Waals surface area contributed by atoms with Gasteiger partial charge in [-0.15, -0.1) is 0 Å². The van der Waals surface area contributed by atoms with E-state index in [0.29, 0.717) is 13.1 Å². The van der Waals surface area contributed by atoms with E-state index in [1.54, 1.807) is 0 Å². The van der Waals surface area contributed by atoms with E-state index in [-0.39, 0.29) is 22.4 Å². The number of benzene rings is 1. The summed E-state index contributed by atoms with van der Waals surface area (Å²) in [5.74, 6) is -1.02. The molecule has 1 aliphatic heterocycles. The summed E-state index contributed by atoms with van der Waals surface area (Å²) in [6, 6.07) is 5.95. The zero-order chi connectivity index (χ0) is 20.1. The highest BCUT2D eigenvalue weighted by molar-refractivity contribution is 7.89. The molecular weight excluding hydrogens is 380 g/mol. The van der Waals surface area contributed by atoms with Gasteiger partial charge in [0.05, 0.1) is 10.5 Å². The molecule has 1 aliphatic carbocycles. The predicted octanol–water partition coefficient (Wildman–Crippen LogP) is 2.47. The highest BCUT2D eigenvalue weighted by Gasteiger charge is 2.28. The number of hydrogen-bond donors (Lipinski definition) is 1. The average Bonchev–Trinajstić information content (AvgIpc) is 3.24. The number of hydrogen-bond acceptors (Lipinski definition) is 5. The van der Waals surface area contributed by atoms with Crippen molar-refractivity contribution in [1.82, 2.24) is 9.62 Å². The number of nitrogens with one attached hydrogen (secondary N) is 1. The van der Waals surface area contributed by atoms with Crippen LogP contribution in [0.25, 0.3) is 0 Å². The Morgan fingerprint density at radius 3 is 2.46 bits per heavy atom. The molecule has 1 aromatic carbocycles. The van der Waals surface area contributed by atoms with Crippen LogP contribution >= 0.6 is 0 Å². The van der Waals surface area contributed by atoms with Crippen LogP contribution in [0.3, 0.4) is 0 Å². The maximum atomic E-state index is 12.7. The summed E-state index contributed by atoms with van der Waals surface area (Å²) in [4.78, 5) is 24.8. The molecule has 0 aromatic heterocycles. The van der Waals surface area contributed by atoms with Crippen molar-refractivity contribution >= 4 is 21.9 Å². The van der Waals surface area contributed by atoms with Crippen LogP contribution < -0.4 is 5.32 Å². The number of carbonyl (C=O) groups excluding carboxylic acids is 2. The summed E-state index contributed by atoms with van der Waals surface area (Å²) in [6.07, 6.45) is 6.02. The molecule has 7 nitrogen and oxygen atoms in total. The quantitative estimate of drug-likeness (QED) is 0.730. The first-order valence-corrected chi connectivity index (χ1v) is 11.4. The molecular formula is C20H28N2O5S. The fourth-order valence-corrected chi connectivity index (χ4v) is 5.27. The van der Waals surface area contributed by atoms with Gasteiger partial charge in [0.1, 0.15) is 0 Å². The standard InChI is InChI=1S/C20H28N2O5S/c1-15(19(23)21-17-9-3-2-4-10-17)27-20(24)16-8-7-11-18(14-16)28(25,26)22-12-5-6-13-22/h7-8,11,14-15,17H,2-6,9-10,12-13H2,1H3,(H,21,23)/t15-/m1/s1. The van der Waals surface area contributed by atoms with Crippen molar-refractivity contribution in [3.8, 4) is 0 Å². The Hall–Kier alpha value is -1.93. The van der Waals surface area contributed by atoms with E-state index < -0.39 is 22.1 Å². The van der Waals surface area contributed by atoms with E-state index in [1.165, 1.54) is 41.9 Å². The van der Waals surface area contributed by atoms with Gasteiger partial charge in [-0.2, -0.15) is 4.31 Å². The van der Waals surface area contributed by atoms with Crippen molar-refractivity contribution in [1.29, 1.82) is 0 Å². The number of carbonyl (C=O) groups is 2. The van der Waals surface area contributed by atoms with Gasteiger partial charge in [-0.1, -0.05) is 25.3 Å². The molecule has 1 saturated heterocycles. The van der Waals surface area contributed by atoms with Crippen molar-refractivity contribution in [2.24, 2.45) is 0 Å². The third-order valence-electron chi connectivity index (χ3n) is 5.38. The summed E-state index contributed by atoms with van der Waals surface area (Å²) < 4.78 is 32.0. The third kappa shape index (κ3) is 4.91. The Bertz CT molecular complexity index is 812. The Labute approximate surface area is 166 Å². The van der Waals surface area contributed by atoms with E-state index in [4.69, 9.17) is 4.74 Å². The molecule has 1 saturated carbocycles. The topological polar surface area (TPSA) is 92.8 Å². The molecule has 0 unspecified atom stereocenters. The second kappa shape index (κ2) is 9.05. The zero-order valence-electron chi connectivity index (χ0n) is 16.2. The van der Waals surface area contributed by atoms with Crippen LogP contribution in [0.2, 0.25) is 0 Å². The lowest BCUT2D eigenvalue weighted by Gasteiger charge is -2.24. The number of ether oxygens (including phenoxy) is 1. The van der Waals surface area contributed by atoms with Gasteiger partial charge in [-0.3, -0.25) is 4.79 Å². The van der Waals surface area contributed by atoms with Crippen LogP contribution in [0.1, 0.15) is 62.2 Å². The van der Waals surface area contributed by atoms with E-state index in [0.717, 1.165) is 38.5 Å². The highest BCUT2D eigenvalue weighted by atomic mass is 32.2.